The van der Waals surface area contributed by atoms with Gasteiger partial charge < -0.3 is 5.32 Å². The van der Waals surface area contributed by atoms with Gasteiger partial charge in [-0.1, -0.05) is 66.7 Å². The molecule has 0 fully saturated rings. The number of carbonyl (C=O) groups is 1. The highest BCUT2D eigenvalue weighted by atomic mass is 32.2. The van der Waals surface area contributed by atoms with Gasteiger partial charge in [-0.2, -0.15) is 11.8 Å². The van der Waals surface area contributed by atoms with Crippen LogP contribution in [0.25, 0.3) is 10.8 Å². The maximum absolute atomic E-state index is 12.4. The van der Waals surface area contributed by atoms with Gasteiger partial charge in [0.1, 0.15) is 6.54 Å². The van der Waals surface area contributed by atoms with Gasteiger partial charge in [0.25, 0.3) is 0 Å². The molecule has 0 atom stereocenters. The topological polar surface area (TPSA) is 66.5 Å². The van der Waals surface area contributed by atoms with Crippen LogP contribution in [0.1, 0.15) is 5.56 Å². The first-order valence-electron chi connectivity index (χ1n) is 9.29. The average molecular weight is 429 g/mol. The second kappa shape index (κ2) is 9.80. The molecule has 0 aliphatic rings. The lowest BCUT2D eigenvalue weighted by molar-refractivity contribution is -0.119. The first-order valence-corrected chi connectivity index (χ1v) is 12.3. The highest BCUT2D eigenvalue weighted by Crippen LogP contribution is 2.28. The molecule has 152 valence electrons. The number of fused-ring (bicyclic) bond motifs is 1. The SMILES string of the molecule is CS(=O)(=O)N(CC(=O)NCCSCc1ccccc1)c1cccc2ccccc12. The van der Waals surface area contributed by atoms with Crippen molar-refractivity contribution < 1.29 is 13.2 Å². The number of nitrogens with zero attached hydrogens (tertiary/aromatic N) is 1. The van der Waals surface area contributed by atoms with Gasteiger partial charge >= 0.3 is 0 Å². The van der Waals surface area contributed by atoms with E-state index in [0.717, 1.165) is 28.5 Å². The Morgan fingerprint density at radius 3 is 2.41 bits per heavy atom. The molecule has 1 N–H and O–H groups in total. The van der Waals surface area contributed by atoms with Crippen molar-refractivity contribution in [1.82, 2.24) is 5.32 Å². The summed E-state index contributed by atoms with van der Waals surface area (Å²) in [5, 5.41) is 4.55. The van der Waals surface area contributed by atoms with Crippen molar-refractivity contribution in [2.24, 2.45) is 0 Å². The Kier molecular flexibility index (Phi) is 7.17. The van der Waals surface area contributed by atoms with Crippen molar-refractivity contribution in [3.05, 3.63) is 78.4 Å². The number of rotatable bonds is 9. The first-order chi connectivity index (χ1) is 13.9. The van der Waals surface area contributed by atoms with Crippen LogP contribution in [0, 0.1) is 0 Å². The van der Waals surface area contributed by atoms with E-state index in [1.54, 1.807) is 23.9 Å². The van der Waals surface area contributed by atoms with Gasteiger partial charge in [-0.3, -0.25) is 9.10 Å². The summed E-state index contributed by atoms with van der Waals surface area (Å²) in [6.45, 7) is 0.250. The van der Waals surface area contributed by atoms with Gasteiger partial charge in [0, 0.05) is 23.4 Å². The van der Waals surface area contributed by atoms with Gasteiger partial charge in [-0.15, -0.1) is 0 Å². The lowest BCUT2D eigenvalue weighted by atomic mass is 10.1. The lowest BCUT2D eigenvalue weighted by Gasteiger charge is -2.23. The highest BCUT2D eigenvalue weighted by Gasteiger charge is 2.22. The molecule has 0 aliphatic heterocycles. The van der Waals surface area contributed by atoms with E-state index >= 15 is 0 Å². The van der Waals surface area contributed by atoms with Crippen LogP contribution in [0.2, 0.25) is 0 Å². The molecule has 0 heterocycles. The Labute approximate surface area is 176 Å². The number of thioether (sulfide) groups is 1. The zero-order valence-corrected chi connectivity index (χ0v) is 17.9. The van der Waals surface area contributed by atoms with Crippen molar-refractivity contribution in [2.45, 2.75) is 5.75 Å². The van der Waals surface area contributed by atoms with Gasteiger partial charge in [-0.05, 0) is 17.0 Å². The fraction of sp³-hybridized carbons (Fsp3) is 0.227. The number of anilines is 1. The summed E-state index contributed by atoms with van der Waals surface area (Å²) < 4.78 is 25.9. The van der Waals surface area contributed by atoms with E-state index < -0.39 is 10.0 Å². The number of benzene rings is 3. The molecule has 3 rings (SSSR count). The lowest BCUT2D eigenvalue weighted by Crippen LogP contribution is -2.41. The third-order valence-electron chi connectivity index (χ3n) is 4.40. The zero-order chi connectivity index (χ0) is 20.7. The fourth-order valence-corrected chi connectivity index (χ4v) is 4.71. The molecular weight excluding hydrogens is 404 g/mol. The molecule has 0 radical (unpaired) electrons. The summed E-state index contributed by atoms with van der Waals surface area (Å²) in [7, 11) is -3.61. The van der Waals surface area contributed by atoms with Crippen molar-refractivity contribution in [3.63, 3.8) is 0 Å². The van der Waals surface area contributed by atoms with E-state index in [0.29, 0.717) is 12.2 Å². The predicted molar refractivity (Wildman–Crippen MR) is 122 cm³/mol. The summed E-state index contributed by atoms with van der Waals surface area (Å²) in [5.74, 6) is 1.32. The van der Waals surface area contributed by atoms with E-state index in [1.165, 1.54) is 9.87 Å². The molecule has 1 amide bonds. The van der Waals surface area contributed by atoms with Crippen LogP contribution in [-0.4, -0.2) is 39.4 Å². The average Bonchev–Trinajstić information content (AvgIpc) is 2.71. The molecule has 0 saturated heterocycles. The predicted octanol–water partition coefficient (Wildman–Crippen LogP) is 3.66. The van der Waals surface area contributed by atoms with E-state index in [2.05, 4.69) is 17.4 Å². The van der Waals surface area contributed by atoms with Gasteiger partial charge in [0.05, 0.1) is 11.9 Å². The van der Waals surface area contributed by atoms with E-state index in [1.807, 2.05) is 48.5 Å². The minimum absolute atomic E-state index is 0.240. The fourth-order valence-electron chi connectivity index (χ4n) is 3.02. The molecule has 0 saturated carbocycles. The van der Waals surface area contributed by atoms with Crippen LogP contribution < -0.4 is 9.62 Å². The number of nitrogens with one attached hydrogen (secondary N) is 1. The van der Waals surface area contributed by atoms with Crippen molar-refractivity contribution >= 4 is 44.2 Å². The Morgan fingerprint density at radius 1 is 0.966 bits per heavy atom. The van der Waals surface area contributed by atoms with Crippen molar-refractivity contribution in [2.75, 3.05) is 29.4 Å². The Balaban J connectivity index is 1.60. The van der Waals surface area contributed by atoms with Crippen molar-refractivity contribution in [1.29, 1.82) is 0 Å². The summed E-state index contributed by atoms with van der Waals surface area (Å²) in [6, 6.07) is 23.1. The van der Waals surface area contributed by atoms with Gasteiger partial charge in [-0.25, -0.2) is 8.42 Å². The molecule has 0 unspecified atom stereocenters. The quantitative estimate of drug-likeness (QED) is 0.528. The second-order valence-electron chi connectivity index (χ2n) is 6.66. The van der Waals surface area contributed by atoms with Crippen molar-refractivity contribution in [3.8, 4) is 0 Å². The monoisotopic (exact) mass is 428 g/mol. The standard InChI is InChI=1S/C22H24N2O3S2/c1-29(26,27)24(21-13-7-11-19-10-5-6-12-20(19)21)16-22(25)23-14-15-28-17-18-8-3-2-4-9-18/h2-13H,14-17H2,1H3,(H,23,25). The first kappa shape index (κ1) is 21.2. The van der Waals surface area contributed by atoms with Crippen LogP contribution in [0.4, 0.5) is 5.69 Å². The van der Waals surface area contributed by atoms with E-state index in [9.17, 15) is 13.2 Å². The van der Waals surface area contributed by atoms with E-state index in [4.69, 9.17) is 0 Å². The van der Waals surface area contributed by atoms with E-state index in [-0.39, 0.29) is 12.5 Å². The number of sulfonamides is 1. The van der Waals surface area contributed by atoms with Gasteiger partial charge in [0.2, 0.25) is 15.9 Å². The Morgan fingerprint density at radius 2 is 1.66 bits per heavy atom. The van der Waals surface area contributed by atoms with Crippen LogP contribution >= 0.6 is 11.8 Å². The number of hydrogen-bond donors (Lipinski definition) is 1. The Bertz CT molecular complexity index is 1060. The summed E-state index contributed by atoms with van der Waals surface area (Å²) in [5.41, 5.74) is 1.75. The molecule has 0 spiro atoms. The highest BCUT2D eigenvalue weighted by molar-refractivity contribution is 7.98. The maximum atomic E-state index is 12.4. The summed E-state index contributed by atoms with van der Waals surface area (Å²) in [4.78, 5) is 12.4. The van der Waals surface area contributed by atoms with Crippen LogP contribution in [0.15, 0.2) is 72.8 Å². The zero-order valence-electron chi connectivity index (χ0n) is 16.2. The largest absolute Gasteiger partial charge is 0.354 e. The summed E-state index contributed by atoms with van der Waals surface area (Å²) >= 11 is 1.72. The number of hydrogen-bond acceptors (Lipinski definition) is 4. The van der Waals surface area contributed by atoms with Crippen LogP contribution in [-0.2, 0) is 20.6 Å². The smallest absolute Gasteiger partial charge is 0.240 e. The Hall–Kier alpha value is -2.51. The molecule has 0 bridgehead atoms. The molecule has 3 aromatic rings. The molecular formula is C22H24N2O3S2. The van der Waals surface area contributed by atoms with Gasteiger partial charge in [0.15, 0.2) is 0 Å². The molecule has 29 heavy (non-hydrogen) atoms. The van der Waals surface area contributed by atoms with Crippen LogP contribution in [0.3, 0.4) is 0 Å². The maximum Gasteiger partial charge on any atom is 0.240 e. The molecule has 5 nitrogen and oxygen atoms in total. The van der Waals surface area contributed by atoms with Crippen LogP contribution in [0.5, 0.6) is 0 Å². The summed E-state index contributed by atoms with van der Waals surface area (Å²) in [6.07, 6.45) is 1.12. The minimum Gasteiger partial charge on any atom is -0.354 e. The number of carbonyl (C=O) groups excluding carboxylic acids is 1. The molecule has 7 heteroatoms. The third kappa shape index (κ3) is 5.98. The third-order valence-corrected chi connectivity index (χ3v) is 6.56. The second-order valence-corrected chi connectivity index (χ2v) is 9.67. The molecule has 3 aromatic carbocycles. The molecule has 0 aliphatic carbocycles. The molecule has 0 aromatic heterocycles. The normalized spacial score (nSPS) is 11.3. The number of amides is 1. The minimum atomic E-state index is -3.61.